The molecule has 1 aromatic rings. The number of fused-ring (bicyclic) bond motifs is 5. The first-order valence-electron chi connectivity index (χ1n) is 7.88. The quantitative estimate of drug-likeness (QED) is 0.708. The molecule has 0 aromatic heterocycles. The molecule has 0 N–H and O–H groups in total. The van der Waals surface area contributed by atoms with Crippen LogP contribution in [0, 0.1) is 17.3 Å². The number of hydrogen-bond donors (Lipinski definition) is 0. The van der Waals surface area contributed by atoms with Crippen molar-refractivity contribution in [2.75, 3.05) is 0 Å². The maximum Gasteiger partial charge on any atom is 0.117 e. The summed E-state index contributed by atoms with van der Waals surface area (Å²) in [5, 5.41) is 9.73. The van der Waals surface area contributed by atoms with Crippen LogP contribution in [-0.4, -0.2) is 5.54 Å². The van der Waals surface area contributed by atoms with Crippen molar-refractivity contribution in [1.29, 1.82) is 0 Å². The second-order valence-corrected chi connectivity index (χ2v) is 7.47. The standard InChI is InChI=1S/C18H21ClN2/c1-16(2)17(11-12-19)14-9-6-10-15(14)18(16,21-20-17)13-7-4-3-5-8-13/h3-5,7-8,11-12,14-15H,6,9-10H2,1-2H3/b12-11+/t14-,15+,17-,18+/m0/s1. The van der Waals surface area contributed by atoms with Gasteiger partial charge in [-0.05, 0) is 36.3 Å². The minimum Gasteiger partial charge on any atom is -0.181 e. The maximum absolute atomic E-state index is 6.00. The third kappa shape index (κ3) is 1.31. The Morgan fingerprint density at radius 1 is 1.10 bits per heavy atom. The molecule has 2 aliphatic carbocycles. The Morgan fingerprint density at radius 3 is 2.52 bits per heavy atom. The molecule has 21 heavy (non-hydrogen) atoms. The van der Waals surface area contributed by atoms with Gasteiger partial charge in [-0.2, -0.15) is 10.2 Å². The molecule has 3 aliphatic rings. The van der Waals surface area contributed by atoms with Crippen molar-refractivity contribution in [3.63, 3.8) is 0 Å². The van der Waals surface area contributed by atoms with Gasteiger partial charge in [0.2, 0.25) is 0 Å². The number of hydrogen-bond acceptors (Lipinski definition) is 2. The second-order valence-electron chi connectivity index (χ2n) is 7.22. The van der Waals surface area contributed by atoms with Gasteiger partial charge in [-0.25, -0.2) is 0 Å². The zero-order chi connectivity index (χ0) is 14.7. The molecule has 0 saturated heterocycles. The summed E-state index contributed by atoms with van der Waals surface area (Å²) in [6.45, 7) is 4.66. The molecule has 1 heterocycles. The summed E-state index contributed by atoms with van der Waals surface area (Å²) in [6, 6.07) is 10.8. The highest BCUT2D eigenvalue weighted by atomic mass is 35.5. The summed E-state index contributed by atoms with van der Waals surface area (Å²) in [6.07, 6.45) is 5.88. The Balaban J connectivity index is 1.98. The first-order chi connectivity index (χ1) is 10.1. The Morgan fingerprint density at radius 2 is 1.81 bits per heavy atom. The molecule has 2 fully saturated rings. The van der Waals surface area contributed by atoms with Gasteiger partial charge in [0.05, 0.1) is 0 Å². The van der Waals surface area contributed by atoms with Gasteiger partial charge in [0, 0.05) is 11.0 Å². The van der Waals surface area contributed by atoms with Crippen LogP contribution in [0.1, 0.15) is 38.7 Å². The SMILES string of the molecule is CC1(C)[C@@]2(/C=C/Cl)N=N[C@]1(c1ccccc1)[C@@H]1CCC[C@@H]12. The van der Waals surface area contributed by atoms with E-state index in [1.807, 2.05) is 0 Å². The van der Waals surface area contributed by atoms with Gasteiger partial charge in [0.1, 0.15) is 11.1 Å². The molecule has 2 bridgehead atoms. The van der Waals surface area contributed by atoms with Crippen molar-refractivity contribution in [2.24, 2.45) is 27.5 Å². The Labute approximate surface area is 131 Å². The molecule has 0 amide bonds. The molecule has 4 atom stereocenters. The van der Waals surface area contributed by atoms with Crippen molar-refractivity contribution >= 4 is 11.6 Å². The molecule has 1 aromatic carbocycles. The first kappa shape index (κ1) is 13.5. The topological polar surface area (TPSA) is 24.7 Å². The van der Waals surface area contributed by atoms with Gasteiger partial charge >= 0.3 is 0 Å². The number of benzene rings is 1. The van der Waals surface area contributed by atoms with Crippen LogP contribution < -0.4 is 0 Å². The number of azo groups is 1. The zero-order valence-corrected chi connectivity index (χ0v) is 13.3. The van der Waals surface area contributed by atoms with E-state index in [9.17, 15) is 0 Å². The lowest BCUT2D eigenvalue weighted by Gasteiger charge is -2.40. The lowest BCUT2D eigenvalue weighted by atomic mass is 9.63. The second kappa shape index (κ2) is 4.19. The highest BCUT2D eigenvalue weighted by molar-refractivity contribution is 6.25. The van der Waals surface area contributed by atoms with Gasteiger partial charge in [0.15, 0.2) is 0 Å². The molecule has 2 nitrogen and oxygen atoms in total. The van der Waals surface area contributed by atoms with E-state index in [2.05, 4.69) is 50.3 Å². The molecule has 110 valence electrons. The van der Waals surface area contributed by atoms with Crippen LogP contribution in [0.5, 0.6) is 0 Å². The number of halogens is 1. The summed E-state index contributed by atoms with van der Waals surface area (Å²) in [7, 11) is 0. The van der Waals surface area contributed by atoms with E-state index in [0.29, 0.717) is 11.8 Å². The van der Waals surface area contributed by atoms with Crippen LogP contribution in [0.3, 0.4) is 0 Å². The molecular formula is C18H21ClN2. The molecular weight excluding hydrogens is 280 g/mol. The van der Waals surface area contributed by atoms with Gasteiger partial charge in [-0.15, -0.1) is 0 Å². The predicted molar refractivity (Wildman–Crippen MR) is 85.3 cm³/mol. The Bertz CT molecular complexity index is 621. The van der Waals surface area contributed by atoms with E-state index >= 15 is 0 Å². The molecule has 1 aliphatic heterocycles. The van der Waals surface area contributed by atoms with E-state index in [0.717, 1.165) is 0 Å². The molecule has 4 rings (SSSR count). The van der Waals surface area contributed by atoms with Gasteiger partial charge in [-0.3, -0.25) is 0 Å². The molecule has 0 spiro atoms. The summed E-state index contributed by atoms with van der Waals surface area (Å²) in [5.74, 6) is 1.15. The van der Waals surface area contributed by atoms with E-state index in [1.165, 1.54) is 24.8 Å². The van der Waals surface area contributed by atoms with Crippen molar-refractivity contribution in [3.8, 4) is 0 Å². The molecule has 2 saturated carbocycles. The van der Waals surface area contributed by atoms with E-state index in [1.54, 1.807) is 5.54 Å². The van der Waals surface area contributed by atoms with Crippen LogP contribution in [0.4, 0.5) is 0 Å². The lowest BCUT2D eigenvalue weighted by molar-refractivity contribution is 0.164. The fourth-order valence-corrected chi connectivity index (χ4v) is 5.76. The van der Waals surface area contributed by atoms with E-state index < -0.39 is 0 Å². The number of nitrogens with zero attached hydrogens (tertiary/aromatic N) is 2. The highest BCUT2D eigenvalue weighted by Gasteiger charge is 2.76. The Kier molecular flexibility index (Phi) is 2.70. The highest BCUT2D eigenvalue weighted by Crippen LogP contribution is 2.74. The van der Waals surface area contributed by atoms with Gasteiger partial charge in [0.25, 0.3) is 0 Å². The van der Waals surface area contributed by atoms with Crippen LogP contribution in [-0.2, 0) is 5.54 Å². The fraction of sp³-hybridized carbons (Fsp3) is 0.556. The average Bonchev–Trinajstić information content (AvgIpc) is 3.09. The van der Waals surface area contributed by atoms with Gasteiger partial charge < -0.3 is 0 Å². The summed E-state index contributed by atoms with van der Waals surface area (Å²) in [4.78, 5) is 0. The maximum atomic E-state index is 6.00. The normalized spacial score (nSPS) is 42.8. The van der Waals surface area contributed by atoms with E-state index in [-0.39, 0.29) is 16.5 Å². The first-order valence-corrected chi connectivity index (χ1v) is 8.31. The van der Waals surface area contributed by atoms with Crippen molar-refractivity contribution < 1.29 is 0 Å². The summed E-state index contributed by atoms with van der Waals surface area (Å²) >= 11 is 6.00. The third-order valence-electron chi connectivity index (χ3n) is 6.48. The monoisotopic (exact) mass is 300 g/mol. The smallest absolute Gasteiger partial charge is 0.117 e. The fourth-order valence-electron chi connectivity index (χ4n) is 5.57. The predicted octanol–water partition coefficient (Wildman–Crippen LogP) is 5.30. The van der Waals surface area contributed by atoms with E-state index in [4.69, 9.17) is 21.8 Å². The average molecular weight is 301 g/mol. The van der Waals surface area contributed by atoms with Crippen molar-refractivity contribution in [3.05, 3.63) is 47.5 Å². The lowest BCUT2D eigenvalue weighted by Crippen LogP contribution is -2.45. The van der Waals surface area contributed by atoms with Crippen molar-refractivity contribution in [1.82, 2.24) is 0 Å². The van der Waals surface area contributed by atoms with Crippen LogP contribution >= 0.6 is 11.6 Å². The van der Waals surface area contributed by atoms with Crippen LogP contribution in [0.15, 0.2) is 52.2 Å². The third-order valence-corrected chi connectivity index (χ3v) is 6.60. The minimum absolute atomic E-state index is 0.0392. The Hall–Kier alpha value is -1.15. The van der Waals surface area contributed by atoms with Gasteiger partial charge in [-0.1, -0.05) is 62.2 Å². The van der Waals surface area contributed by atoms with Crippen LogP contribution in [0.25, 0.3) is 0 Å². The molecule has 0 radical (unpaired) electrons. The zero-order valence-electron chi connectivity index (χ0n) is 12.6. The van der Waals surface area contributed by atoms with Crippen LogP contribution in [0.2, 0.25) is 0 Å². The molecule has 0 unspecified atom stereocenters. The number of rotatable bonds is 2. The summed E-state index contributed by atoms with van der Waals surface area (Å²) in [5.41, 5.74) is 2.51. The largest absolute Gasteiger partial charge is 0.181 e. The summed E-state index contributed by atoms with van der Waals surface area (Å²) < 4.78 is 0. The minimum atomic E-state index is -0.230. The molecule has 3 heteroatoms. The van der Waals surface area contributed by atoms with Crippen molar-refractivity contribution in [2.45, 2.75) is 44.2 Å².